The molecule has 0 bridgehead atoms. The zero-order chi connectivity index (χ0) is 20.8. The first kappa shape index (κ1) is 20.9. The maximum atomic E-state index is 12.7. The second-order valence-electron chi connectivity index (χ2n) is 6.40. The number of carbonyl (C=O) groups excluding carboxylic acids is 2. The summed E-state index contributed by atoms with van der Waals surface area (Å²) in [5.74, 6) is -0.960. The smallest absolute Gasteiger partial charge is 0.328 e. The van der Waals surface area contributed by atoms with Crippen LogP contribution >= 0.6 is 23.2 Å². The number of ether oxygens (including phenoxy) is 1. The van der Waals surface area contributed by atoms with E-state index < -0.39 is 12.0 Å². The molecule has 148 valence electrons. The van der Waals surface area contributed by atoms with Crippen molar-refractivity contribution in [3.8, 4) is 11.1 Å². The van der Waals surface area contributed by atoms with Gasteiger partial charge in [-0.15, -0.1) is 0 Å². The number of methoxy groups -OCH3 is 1. The Labute approximate surface area is 179 Å². The van der Waals surface area contributed by atoms with Gasteiger partial charge < -0.3 is 10.1 Å². The summed E-state index contributed by atoms with van der Waals surface area (Å²) in [7, 11) is 1.27. The van der Waals surface area contributed by atoms with Gasteiger partial charge in [0, 0.05) is 22.0 Å². The van der Waals surface area contributed by atoms with Crippen molar-refractivity contribution in [3.63, 3.8) is 0 Å². The molecule has 0 radical (unpaired) electrons. The third kappa shape index (κ3) is 5.17. The van der Waals surface area contributed by atoms with Gasteiger partial charge in [0.2, 0.25) is 0 Å². The first-order valence-corrected chi connectivity index (χ1v) is 9.72. The fourth-order valence-corrected chi connectivity index (χ4v) is 3.50. The number of rotatable bonds is 6. The van der Waals surface area contributed by atoms with Crippen molar-refractivity contribution in [1.29, 1.82) is 0 Å². The molecule has 0 fully saturated rings. The fourth-order valence-electron chi connectivity index (χ4n) is 2.95. The molecule has 0 saturated carbocycles. The van der Waals surface area contributed by atoms with E-state index >= 15 is 0 Å². The second-order valence-corrected chi connectivity index (χ2v) is 7.21. The maximum Gasteiger partial charge on any atom is 0.328 e. The third-order valence-corrected chi connectivity index (χ3v) is 5.22. The Morgan fingerprint density at radius 2 is 1.45 bits per heavy atom. The second kappa shape index (κ2) is 9.59. The van der Waals surface area contributed by atoms with E-state index in [2.05, 4.69) is 5.32 Å². The average molecular weight is 428 g/mol. The fraction of sp³-hybridized carbons (Fsp3) is 0.130. The Balaban J connectivity index is 1.77. The Hall–Kier alpha value is -2.82. The van der Waals surface area contributed by atoms with Gasteiger partial charge in [0.25, 0.3) is 5.91 Å². The number of halogens is 2. The number of esters is 1. The van der Waals surface area contributed by atoms with Gasteiger partial charge in [0.1, 0.15) is 6.04 Å². The molecule has 0 unspecified atom stereocenters. The Bertz CT molecular complexity index is 984. The molecule has 1 amide bonds. The molecule has 3 aromatic rings. The number of carbonyl (C=O) groups is 2. The van der Waals surface area contributed by atoms with Crippen molar-refractivity contribution >= 4 is 35.1 Å². The van der Waals surface area contributed by atoms with E-state index in [9.17, 15) is 9.59 Å². The molecule has 1 atom stereocenters. The summed E-state index contributed by atoms with van der Waals surface area (Å²) >= 11 is 12.4. The highest BCUT2D eigenvalue weighted by Crippen LogP contribution is 2.26. The molecule has 29 heavy (non-hydrogen) atoms. The van der Waals surface area contributed by atoms with Crippen LogP contribution in [-0.2, 0) is 16.0 Å². The van der Waals surface area contributed by atoms with Crippen LogP contribution in [-0.4, -0.2) is 25.0 Å². The van der Waals surface area contributed by atoms with Crippen LogP contribution in [0.3, 0.4) is 0 Å². The molecular formula is C23H19Cl2NO3. The summed E-state index contributed by atoms with van der Waals surface area (Å²) in [6.45, 7) is 0. The molecule has 0 aliphatic heterocycles. The summed E-state index contributed by atoms with van der Waals surface area (Å²) < 4.78 is 4.84. The van der Waals surface area contributed by atoms with Crippen LogP contribution in [0.4, 0.5) is 0 Å². The Morgan fingerprint density at radius 3 is 2.03 bits per heavy atom. The van der Waals surface area contributed by atoms with Crippen LogP contribution < -0.4 is 5.32 Å². The summed E-state index contributed by atoms with van der Waals surface area (Å²) in [6.07, 6.45) is 0.124. The molecule has 0 saturated heterocycles. The topological polar surface area (TPSA) is 55.4 Å². The predicted octanol–water partition coefficient (Wildman–Crippen LogP) is 5.17. The van der Waals surface area contributed by atoms with E-state index in [1.807, 2.05) is 42.5 Å². The van der Waals surface area contributed by atoms with E-state index in [0.717, 1.165) is 11.1 Å². The lowest BCUT2D eigenvalue weighted by atomic mass is 10.0. The molecule has 0 aromatic heterocycles. The lowest BCUT2D eigenvalue weighted by Crippen LogP contribution is -2.43. The molecular weight excluding hydrogens is 409 g/mol. The highest BCUT2D eigenvalue weighted by Gasteiger charge is 2.24. The summed E-state index contributed by atoms with van der Waals surface area (Å²) in [5, 5.41) is 3.56. The minimum atomic E-state index is -0.918. The molecule has 6 heteroatoms. The van der Waals surface area contributed by atoms with Gasteiger partial charge in [-0.25, -0.2) is 4.79 Å². The van der Waals surface area contributed by atoms with Gasteiger partial charge in [0.15, 0.2) is 0 Å². The highest BCUT2D eigenvalue weighted by molar-refractivity contribution is 6.36. The van der Waals surface area contributed by atoms with Crippen LogP contribution in [0.25, 0.3) is 11.1 Å². The van der Waals surface area contributed by atoms with Gasteiger partial charge in [-0.3, -0.25) is 4.79 Å². The zero-order valence-corrected chi connectivity index (χ0v) is 17.2. The maximum absolute atomic E-state index is 12.7. The molecule has 3 rings (SSSR count). The lowest BCUT2D eigenvalue weighted by molar-refractivity contribution is -0.142. The van der Waals surface area contributed by atoms with Gasteiger partial charge in [-0.05, 0) is 41.0 Å². The molecule has 0 heterocycles. The Morgan fingerprint density at radius 1 is 0.862 bits per heavy atom. The van der Waals surface area contributed by atoms with Crippen molar-refractivity contribution in [2.75, 3.05) is 7.11 Å². The van der Waals surface area contributed by atoms with Crippen molar-refractivity contribution in [3.05, 3.63) is 94.0 Å². The van der Waals surface area contributed by atoms with Crippen LogP contribution in [0.15, 0.2) is 72.8 Å². The third-order valence-electron chi connectivity index (χ3n) is 4.52. The minimum Gasteiger partial charge on any atom is -0.467 e. The first-order valence-electron chi connectivity index (χ1n) is 8.96. The summed E-state index contributed by atoms with van der Waals surface area (Å²) in [4.78, 5) is 24.9. The van der Waals surface area contributed by atoms with Crippen molar-refractivity contribution < 1.29 is 14.3 Å². The average Bonchev–Trinajstić information content (AvgIpc) is 2.75. The van der Waals surface area contributed by atoms with Gasteiger partial charge >= 0.3 is 5.97 Å². The first-order chi connectivity index (χ1) is 14.0. The number of nitrogens with one attached hydrogen (secondary N) is 1. The molecule has 0 aliphatic carbocycles. The number of hydrogen-bond donors (Lipinski definition) is 1. The molecule has 0 aliphatic rings. The van der Waals surface area contributed by atoms with Gasteiger partial charge in [0.05, 0.1) is 7.11 Å². The van der Waals surface area contributed by atoms with Crippen LogP contribution in [0, 0.1) is 0 Å². The summed E-state index contributed by atoms with van der Waals surface area (Å²) in [6, 6.07) is 21.2. The SMILES string of the molecule is COC(=O)[C@@H](Cc1c(Cl)cccc1Cl)NC(=O)c1ccc(-c2ccccc2)cc1. The standard InChI is InChI=1S/C23H19Cl2NO3/c1-29-23(28)21(14-18-19(24)8-5-9-20(18)25)26-22(27)17-12-10-16(11-13-17)15-6-3-2-4-7-15/h2-13,21H,14H2,1H3,(H,26,27)/t21-/m1/s1. The monoisotopic (exact) mass is 427 g/mol. The van der Waals surface area contributed by atoms with Crippen molar-refractivity contribution in [2.24, 2.45) is 0 Å². The number of amides is 1. The number of hydrogen-bond acceptors (Lipinski definition) is 3. The van der Waals surface area contributed by atoms with E-state index in [1.54, 1.807) is 30.3 Å². The molecule has 1 N–H and O–H groups in total. The van der Waals surface area contributed by atoms with E-state index in [4.69, 9.17) is 27.9 Å². The van der Waals surface area contributed by atoms with E-state index in [-0.39, 0.29) is 12.3 Å². The van der Waals surface area contributed by atoms with Crippen molar-refractivity contribution in [2.45, 2.75) is 12.5 Å². The molecule has 0 spiro atoms. The summed E-state index contributed by atoms with van der Waals surface area (Å²) in [5.41, 5.74) is 3.06. The minimum absolute atomic E-state index is 0.124. The normalized spacial score (nSPS) is 11.6. The quantitative estimate of drug-likeness (QED) is 0.551. The van der Waals surface area contributed by atoms with Gasteiger partial charge in [-0.2, -0.15) is 0 Å². The Kier molecular flexibility index (Phi) is 6.91. The number of benzene rings is 3. The molecule has 4 nitrogen and oxygen atoms in total. The largest absolute Gasteiger partial charge is 0.467 e. The predicted molar refractivity (Wildman–Crippen MR) is 115 cm³/mol. The zero-order valence-electron chi connectivity index (χ0n) is 15.7. The van der Waals surface area contributed by atoms with Crippen LogP contribution in [0.2, 0.25) is 10.0 Å². The van der Waals surface area contributed by atoms with Crippen molar-refractivity contribution in [1.82, 2.24) is 5.32 Å². The van der Waals surface area contributed by atoms with E-state index in [0.29, 0.717) is 21.2 Å². The van der Waals surface area contributed by atoms with Crippen LogP contribution in [0.1, 0.15) is 15.9 Å². The van der Waals surface area contributed by atoms with E-state index in [1.165, 1.54) is 7.11 Å². The van der Waals surface area contributed by atoms with Crippen LogP contribution in [0.5, 0.6) is 0 Å². The lowest BCUT2D eigenvalue weighted by Gasteiger charge is -2.18. The molecule has 3 aromatic carbocycles. The van der Waals surface area contributed by atoms with Gasteiger partial charge in [-0.1, -0.05) is 71.7 Å². The highest BCUT2D eigenvalue weighted by atomic mass is 35.5.